The molecular weight excluding hydrogens is 166 g/mol. The van der Waals surface area contributed by atoms with Gasteiger partial charge in [-0.3, -0.25) is 4.79 Å². The Hall–Kier alpha value is -0.280. The van der Waals surface area contributed by atoms with Crippen LogP contribution in [0.1, 0.15) is 13.8 Å². The van der Waals surface area contributed by atoms with E-state index >= 15 is 0 Å². The van der Waals surface area contributed by atoms with Gasteiger partial charge in [-0.05, 0) is 13.8 Å². The zero-order valence-electron chi connectivity index (χ0n) is 6.85. The highest BCUT2D eigenvalue weighted by Gasteiger charge is 2.40. The summed E-state index contributed by atoms with van der Waals surface area (Å²) in [7, 11) is 0. The maximum absolute atomic E-state index is 11.1. The zero-order valence-corrected chi connectivity index (χ0v) is 7.66. The van der Waals surface area contributed by atoms with E-state index in [1.165, 1.54) is 0 Å². The van der Waals surface area contributed by atoms with Gasteiger partial charge in [-0.25, -0.2) is 0 Å². The summed E-state index contributed by atoms with van der Waals surface area (Å²) < 4.78 is 4.87. The van der Waals surface area contributed by atoms with Gasteiger partial charge in [-0.15, -0.1) is 12.4 Å². The first-order chi connectivity index (χ1) is 4.69. The number of hydrogen-bond acceptors (Lipinski definition) is 3. The van der Waals surface area contributed by atoms with Crippen molar-refractivity contribution in [3.8, 4) is 0 Å². The van der Waals surface area contributed by atoms with Crippen molar-refractivity contribution >= 4 is 18.4 Å². The third-order valence-corrected chi connectivity index (χ3v) is 1.80. The lowest BCUT2D eigenvalue weighted by Gasteiger charge is -2.36. The second kappa shape index (κ2) is 3.93. The molecule has 0 atom stereocenters. The molecular formula is C7H14ClNO2. The van der Waals surface area contributed by atoms with E-state index in [2.05, 4.69) is 5.32 Å². The Morgan fingerprint density at radius 1 is 1.64 bits per heavy atom. The van der Waals surface area contributed by atoms with E-state index in [0.717, 1.165) is 13.1 Å². The summed E-state index contributed by atoms with van der Waals surface area (Å²) in [5, 5.41) is 3.04. The molecule has 0 aromatic carbocycles. The van der Waals surface area contributed by atoms with Gasteiger partial charge in [-0.1, -0.05) is 0 Å². The van der Waals surface area contributed by atoms with Gasteiger partial charge in [-0.2, -0.15) is 0 Å². The topological polar surface area (TPSA) is 38.3 Å². The maximum Gasteiger partial charge on any atom is 0.314 e. The average molecular weight is 180 g/mol. The molecule has 1 aliphatic rings. The molecule has 4 heteroatoms. The molecule has 0 bridgehead atoms. The SMILES string of the molecule is CCOC(=O)C1(C)CNC1.Cl. The minimum atomic E-state index is -0.240. The monoisotopic (exact) mass is 179 g/mol. The van der Waals surface area contributed by atoms with Gasteiger partial charge < -0.3 is 10.1 Å². The van der Waals surface area contributed by atoms with Crippen LogP contribution in [0.25, 0.3) is 0 Å². The fourth-order valence-corrected chi connectivity index (χ4v) is 0.950. The number of rotatable bonds is 2. The van der Waals surface area contributed by atoms with Crippen LogP contribution in [0, 0.1) is 5.41 Å². The van der Waals surface area contributed by atoms with Gasteiger partial charge in [0.05, 0.1) is 12.0 Å². The molecule has 0 spiro atoms. The van der Waals surface area contributed by atoms with Crippen LogP contribution >= 0.6 is 12.4 Å². The Morgan fingerprint density at radius 3 is 2.45 bits per heavy atom. The van der Waals surface area contributed by atoms with E-state index in [0.29, 0.717) is 6.61 Å². The summed E-state index contributed by atoms with van der Waals surface area (Å²) in [6, 6.07) is 0. The summed E-state index contributed by atoms with van der Waals surface area (Å²) in [5.41, 5.74) is -0.240. The quantitative estimate of drug-likeness (QED) is 0.631. The van der Waals surface area contributed by atoms with E-state index in [-0.39, 0.29) is 23.8 Å². The van der Waals surface area contributed by atoms with Gasteiger partial charge in [0, 0.05) is 13.1 Å². The van der Waals surface area contributed by atoms with Crippen molar-refractivity contribution in [2.24, 2.45) is 5.41 Å². The molecule has 1 rings (SSSR count). The van der Waals surface area contributed by atoms with Crippen LogP contribution in [-0.4, -0.2) is 25.7 Å². The van der Waals surface area contributed by atoms with Crippen LogP contribution in [0.15, 0.2) is 0 Å². The molecule has 1 heterocycles. The van der Waals surface area contributed by atoms with Crippen LogP contribution in [0.2, 0.25) is 0 Å². The minimum Gasteiger partial charge on any atom is -0.465 e. The van der Waals surface area contributed by atoms with E-state index in [4.69, 9.17) is 4.74 Å². The van der Waals surface area contributed by atoms with Crippen LogP contribution in [-0.2, 0) is 9.53 Å². The van der Waals surface area contributed by atoms with Gasteiger partial charge in [0.2, 0.25) is 0 Å². The maximum atomic E-state index is 11.1. The first-order valence-corrected chi connectivity index (χ1v) is 3.57. The van der Waals surface area contributed by atoms with Gasteiger partial charge in [0.15, 0.2) is 0 Å². The molecule has 1 fully saturated rings. The Bertz CT molecular complexity index is 145. The molecule has 1 aliphatic heterocycles. The van der Waals surface area contributed by atoms with E-state index in [1.807, 2.05) is 13.8 Å². The number of ether oxygens (including phenoxy) is 1. The lowest BCUT2D eigenvalue weighted by molar-refractivity contribution is -0.157. The number of halogens is 1. The first kappa shape index (κ1) is 10.7. The molecule has 0 aliphatic carbocycles. The van der Waals surface area contributed by atoms with Crippen LogP contribution < -0.4 is 5.32 Å². The number of nitrogens with one attached hydrogen (secondary N) is 1. The third kappa shape index (κ3) is 2.07. The Balaban J connectivity index is 0.000001000. The molecule has 66 valence electrons. The highest BCUT2D eigenvalue weighted by molar-refractivity contribution is 5.85. The number of carbonyl (C=O) groups excluding carboxylic acids is 1. The van der Waals surface area contributed by atoms with Crippen LogP contribution in [0.5, 0.6) is 0 Å². The zero-order chi connectivity index (χ0) is 7.61. The highest BCUT2D eigenvalue weighted by atomic mass is 35.5. The van der Waals surface area contributed by atoms with E-state index in [1.54, 1.807) is 0 Å². The average Bonchev–Trinajstić information content (AvgIpc) is 1.83. The summed E-state index contributed by atoms with van der Waals surface area (Å²) in [5.74, 6) is -0.0752. The molecule has 3 nitrogen and oxygen atoms in total. The fraction of sp³-hybridized carbons (Fsp3) is 0.857. The number of hydrogen-bond donors (Lipinski definition) is 1. The molecule has 0 unspecified atom stereocenters. The molecule has 0 radical (unpaired) electrons. The molecule has 0 saturated carbocycles. The standard InChI is InChI=1S/C7H13NO2.ClH/c1-3-10-6(9)7(2)4-8-5-7;/h8H,3-5H2,1-2H3;1H. The lowest BCUT2D eigenvalue weighted by Crippen LogP contribution is -2.56. The van der Waals surface area contributed by atoms with Gasteiger partial charge in [0.1, 0.15) is 0 Å². The van der Waals surface area contributed by atoms with Crippen molar-refractivity contribution in [2.45, 2.75) is 13.8 Å². The van der Waals surface area contributed by atoms with Crippen molar-refractivity contribution in [3.63, 3.8) is 0 Å². The van der Waals surface area contributed by atoms with Crippen molar-refractivity contribution in [2.75, 3.05) is 19.7 Å². The second-order valence-corrected chi connectivity index (χ2v) is 2.88. The normalized spacial score (nSPS) is 19.5. The van der Waals surface area contributed by atoms with Crippen molar-refractivity contribution in [1.29, 1.82) is 0 Å². The third-order valence-electron chi connectivity index (χ3n) is 1.80. The van der Waals surface area contributed by atoms with Crippen molar-refractivity contribution in [1.82, 2.24) is 5.32 Å². The van der Waals surface area contributed by atoms with E-state index in [9.17, 15) is 4.79 Å². The molecule has 0 aromatic heterocycles. The van der Waals surface area contributed by atoms with Crippen LogP contribution in [0.3, 0.4) is 0 Å². The summed E-state index contributed by atoms with van der Waals surface area (Å²) >= 11 is 0. The minimum absolute atomic E-state index is 0. The predicted octanol–water partition coefficient (Wildman–Crippen LogP) is 0.581. The first-order valence-electron chi connectivity index (χ1n) is 3.57. The Kier molecular flexibility index (Phi) is 3.83. The molecule has 1 N–H and O–H groups in total. The largest absolute Gasteiger partial charge is 0.465 e. The fourth-order valence-electron chi connectivity index (χ4n) is 0.950. The summed E-state index contributed by atoms with van der Waals surface area (Å²) in [4.78, 5) is 11.1. The Morgan fingerprint density at radius 2 is 2.18 bits per heavy atom. The predicted molar refractivity (Wildman–Crippen MR) is 44.9 cm³/mol. The summed E-state index contributed by atoms with van der Waals surface area (Å²) in [6.45, 7) is 5.74. The van der Waals surface area contributed by atoms with Crippen molar-refractivity contribution in [3.05, 3.63) is 0 Å². The van der Waals surface area contributed by atoms with Crippen LogP contribution in [0.4, 0.5) is 0 Å². The Labute approximate surface area is 72.9 Å². The van der Waals surface area contributed by atoms with E-state index < -0.39 is 0 Å². The molecule has 0 aromatic rings. The van der Waals surface area contributed by atoms with Gasteiger partial charge in [0.25, 0.3) is 0 Å². The number of esters is 1. The second-order valence-electron chi connectivity index (χ2n) is 2.88. The smallest absolute Gasteiger partial charge is 0.314 e. The summed E-state index contributed by atoms with van der Waals surface area (Å²) in [6.07, 6.45) is 0. The van der Waals surface area contributed by atoms with Crippen molar-refractivity contribution < 1.29 is 9.53 Å². The highest BCUT2D eigenvalue weighted by Crippen LogP contribution is 2.22. The molecule has 1 saturated heterocycles. The molecule has 0 amide bonds. The van der Waals surface area contributed by atoms with Gasteiger partial charge >= 0.3 is 5.97 Å². The molecule has 11 heavy (non-hydrogen) atoms. The lowest BCUT2D eigenvalue weighted by atomic mass is 9.84. The number of carbonyl (C=O) groups is 1.